The smallest absolute Gasteiger partial charge is 0.318 e. The molecule has 3 atom stereocenters. The first kappa shape index (κ1) is 27.2. The SMILES string of the molecule is C=CC(=O)N1CCN(c2nc(OCC3CCCN3C)nc3c2CCC(c2cccc4ccccc24)C3)CC1CC#N. The molecule has 6 rings (SSSR count). The maximum Gasteiger partial charge on any atom is 0.318 e. The Morgan fingerprint density at radius 3 is 2.78 bits per heavy atom. The van der Waals surface area contributed by atoms with Crippen LogP contribution in [-0.4, -0.2) is 77.6 Å². The van der Waals surface area contributed by atoms with E-state index in [4.69, 9.17) is 14.7 Å². The molecule has 8 heteroatoms. The molecule has 0 bridgehead atoms. The second-order valence-corrected chi connectivity index (χ2v) is 11.5. The predicted molar refractivity (Wildman–Crippen MR) is 160 cm³/mol. The van der Waals surface area contributed by atoms with E-state index in [1.807, 2.05) is 0 Å². The first-order valence-electron chi connectivity index (χ1n) is 14.8. The summed E-state index contributed by atoms with van der Waals surface area (Å²) in [6.45, 7) is 7.03. The normalized spacial score (nSPS) is 22.8. The molecule has 41 heavy (non-hydrogen) atoms. The van der Waals surface area contributed by atoms with Crippen molar-refractivity contribution in [1.82, 2.24) is 19.8 Å². The monoisotopic (exact) mass is 550 g/mol. The molecule has 1 amide bonds. The Kier molecular flexibility index (Phi) is 7.89. The van der Waals surface area contributed by atoms with Gasteiger partial charge in [-0.05, 0) is 74.0 Å². The number of amides is 1. The predicted octanol–water partition coefficient (Wildman–Crippen LogP) is 4.49. The molecule has 0 N–H and O–H groups in total. The van der Waals surface area contributed by atoms with Gasteiger partial charge >= 0.3 is 6.01 Å². The van der Waals surface area contributed by atoms with Crippen LogP contribution in [0.15, 0.2) is 55.1 Å². The lowest BCUT2D eigenvalue weighted by molar-refractivity contribution is -0.128. The lowest BCUT2D eigenvalue weighted by atomic mass is 9.80. The maximum atomic E-state index is 12.5. The van der Waals surface area contributed by atoms with Crippen molar-refractivity contribution < 1.29 is 9.53 Å². The largest absolute Gasteiger partial charge is 0.462 e. The number of ether oxygens (including phenoxy) is 1. The highest BCUT2D eigenvalue weighted by Gasteiger charge is 2.34. The number of carbonyl (C=O) groups excluding carboxylic acids is 1. The lowest BCUT2D eigenvalue weighted by Crippen LogP contribution is -2.55. The summed E-state index contributed by atoms with van der Waals surface area (Å²) in [6.07, 6.45) is 6.62. The third-order valence-electron chi connectivity index (χ3n) is 9.14. The lowest BCUT2D eigenvalue weighted by Gasteiger charge is -2.42. The number of likely N-dealkylation sites (N-methyl/N-ethyl adjacent to an activating group) is 1. The van der Waals surface area contributed by atoms with Crippen LogP contribution in [0.5, 0.6) is 6.01 Å². The number of likely N-dealkylation sites (tertiary alicyclic amines) is 1. The van der Waals surface area contributed by atoms with E-state index in [1.54, 1.807) is 4.90 Å². The Morgan fingerprint density at radius 2 is 1.98 bits per heavy atom. The molecule has 3 aliphatic rings. The topological polar surface area (TPSA) is 85.6 Å². The third kappa shape index (κ3) is 5.51. The summed E-state index contributed by atoms with van der Waals surface area (Å²) in [4.78, 5) is 28.9. The molecule has 3 unspecified atom stereocenters. The number of anilines is 1. The number of hydrogen-bond donors (Lipinski definition) is 0. The molecule has 2 fully saturated rings. The van der Waals surface area contributed by atoms with Gasteiger partial charge in [0.1, 0.15) is 12.4 Å². The first-order valence-corrected chi connectivity index (χ1v) is 14.8. The molecule has 2 aromatic carbocycles. The molecule has 0 spiro atoms. The van der Waals surface area contributed by atoms with Gasteiger partial charge in [-0.15, -0.1) is 0 Å². The Balaban J connectivity index is 1.33. The summed E-state index contributed by atoms with van der Waals surface area (Å²) in [5, 5.41) is 12.1. The van der Waals surface area contributed by atoms with Crippen molar-refractivity contribution >= 4 is 22.5 Å². The highest BCUT2D eigenvalue weighted by Crippen LogP contribution is 2.39. The summed E-state index contributed by atoms with van der Waals surface area (Å²) in [5.74, 6) is 1.13. The Bertz CT molecular complexity index is 1480. The molecule has 3 heterocycles. The Labute approximate surface area is 242 Å². The fourth-order valence-corrected chi connectivity index (χ4v) is 6.87. The molecule has 0 saturated carbocycles. The van der Waals surface area contributed by atoms with Crippen molar-refractivity contribution in [2.45, 2.75) is 56.5 Å². The van der Waals surface area contributed by atoms with Crippen LogP contribution in [0.25, 0.3) is 10.8 Å². The molecule has 3 aromatic rings. The minimum absolute atomic E-state index is 0.128. The Morgan fingerprint density at radius 1 is 1.12 bits per heavy atom. The average Bonchev–Trinajstić information content (AvgIpc) is 3.43. The molecule has 2 aliphatic heterocycles. The summed E-state index contributed by atoms with van der Waals surface area (Å²) < 4.78 is 6.30. The van der Waals surface area contributed by atoms with E-state index in [9.17, 15) is 10.1 Å². The zero-order valence-corrected chi connectivity index (χ0v) is 23.8. The third-order valence-corrected chi connectivity index (χ3v) is 9.14. The number of aromatic nitrogens is 2. The average molecular weight is 551 g/mol. The first-order chi connectivity index (χ1) is 20.1. The van der Waals surface area contributed by atoms with Crippen LogP contribution in [0.2, 0.25) is 0 Å². The minimum atomic E-state index is -0.214. The molecular formula is C33H38N6O2. The van der Waals surface area contributed by atoms with Crippen LogP contribution in [-0.2, 0) is 17.6 Å². The second kappa shape index (κ2) is 11.9. The van der Waals surface area contributed by atoms with Gasteiger partial charge in [-0.2, -0.15) is 15.2 Å². The van der Waals surface area contributed by atoms with Crippen molar-refractivity contribution in [2.75, 3.05) is 44.7 Å². The van der Waals surface area contributed by atoms with E-state index < -0.39 is 0 Å². The van der Waals surface area contributed by atoms with E-state index in [2.05, 4.69) is 72.0 Å². The number of nitriles is 1. The fraction of sp³-hybridized carbons (Fsp3) is 0.455. The molecule has 8 nitrogen and oxygen atoms in total. The molecular weight excluding hydrogens is 512 g/mol. The van der Waals surface area contributed by atoms with E-state index >= 15 is 0 Å². The number of rotatable bonds is 7. The maximum absolute atomic E-state index is 12.5. The quantitative estimate of drug-likeness (QED) is 0.401. The van der Waals surface area contributed by atoms with Gasteiger partial charge in [0.05, 0.1) is 24.2 Å². The zero-order valence-electron chi connectivity index (χ0n) is 23.8. The van der Waals surface area contributed by atoms with Gasteiger partial charge in [-0.25, -0.2) is 0 Å². The number of nitrogens with zero attached hydrogens (tertiary/aromatic N) is 6. The van der Waals surface area contributed by atoms with Crippen molar-refractivity contribution in [3.63, 3.8) is 0 Å². The van der Waals surface area contributed by atoms with E-state index in [0.29, 0.717) is 44.2 Å². The van der Waals surface area contributed by atoms with Crippen molar-refractivity contribution in [3.05, 3.63) is 71.9 Å². The van der Waals surface area contributed by atoms with Gasteiger partial charge in [-0.3, -0.25) is 4.79 Å². The van der Waals surface area contributed by atoms with Crippen LogP contribution in [0.4, 0.5) is 5.82 Å². The molecule has 212 valence electrons. The van der Waals surface area contributed by atoms with E-state index in [1.165, 1.54) is 34.4 Å². The molecule has 1 aromatic heterocycles. The number of piperazine rings is 1. The van der Waals surface area contributed by atoms with Crippen molar-refractivity contribution in [3.8, 4) is 12.1 Å². The standard InChI is InChI=1S/C33H38N6O2/c1-3-31(40)39-19-18-38(21-25(39)15-16-34)32-29-14-13-24(28-12-6-9-23-8-4-5-11-27(23)28)20-30(29)35-33(36-32)41-22-26-10-7-17-37(26)2/h3-6,8-9,11-12,24-26H,1,7,10,13-15,17-22H2,2H3. The number of fused-ring (bicyclic) bond motifs is 2. The summed E-state index contributed by atoms with van der Waals surface area (Å²) in [7, 11) is 2.15. The van der Waals surface area contributed by atoms with Gasteiger partial charge in [0, 0.05) is 31.2 Å². The number of carbonyl (C=O) groups is 1. The van der Waals surface area contributed by atoms with Crippen LogP contribution in [0.1, 0.15) is 48.4 Å². The Hall–Kier alpha value is -3.96. The van der Waals surface area contributed by atoms with Crippen molar-refractivity contribution in [2.24, 2.45) is 0 Å². The van der Waals surface area contributed by atoms with Crippen LogP contribution in [0, 0.1) is 11.3 Å². The summed E-state index contributed by atoms with van der Waals surface area (Å²) in [5.41, 5.74) is 3.59. The fourth-order valence-electron chi connectivity index (χ4n) is 6.87. The molecule has 2 saturated heterocycles. The van der Waals surface area contributed by atoms with Crippen molar-refractivity contribution in [1.29, 1.82) is 5.26 Å². The molecule has 1 aliphatic carbocycles. The van der Waals surface area contributed by atoms with E-state index in [-0.39, 0.29) is 18.4 Å². The number of hydrogen-bond acceptors (Lipinski definition) is 7. The van der Waals surface area contributed by atoms with Crippen LogP contribution >= 0.6 is 0 Å². The summed E-state index contributed by atoms with van der Waals surface area (Å²) >= 11 is 0. The van der Waals surface area contributed by atoms with Gasteiger partial charge in [0.15, 0.2) is 0 Å². The van der Waals surface area contributed by atoms with Gasteiger partial charge in [-0.1, -0.05) is 49.0 Å². The highest BCUT2D eigenvalue weighted by atomic mass is 16.5. The van der Waals surface area contributed by atoms with Gasteiger partial charge < -0.3 is 19.4 Å². The minimum Gasteiger partial charge on any atom is -0.462 e. The van der Waals surface area contributed by atoms with E-state index in [0.717, 1.165) is 43.7 Å². The van der Waals surface area contributed by atoms with Gasteiger partial charge in [0.2, 0.25) is 5.91 Å². The van der Waals surface area contributed by atoms with Crippen LogP contribution < -0.4 is 9.64 Å². The zero-order chi connectivity index (χ0) is 28.3. The van der Waals surface area contributed by atoms with Gasteiger partial charge in [0.25, 0.3) is 0 Å². The second-order valence-electron chi connectivity index (χ2n) is 11.5. The van der Waals surface area contributed by atoms with Crippen LogP contribution in [0.3, 0.4) is 0 Å². The number of benzene rings is 2. The summed E-state index contributed by atoms with van der Waals surface area (Å²) in [6, 6.07) is 18.1. The molecule has 0 radical (unpaired) electrons. The highest BCUT2D eigenvalue weighted by molar-refractivity contribution is 5.87.